The topological polar surface area (TPSA) is 16.1 Å². The number of aryl methyl sites for hydroxylation is 1. The SMILES string of the molecule is Cc1nc(CN(C)Cc2ccc(F)cc2Cl)cs1. The van der Waals surface area contributed by atoms with Crippen molar-refractivity contribution in [2.45, 2.75) is 20.0 Å². The first-order valence-electron chi connectivity index (χ1n) is 5.58. The molecule has 18 heavy (non-hydrogen) atoms. The molecule has 0 radical (unpaired) electrons. The van der Waals surface area contributed by atoms with E-state index in [1.165, 1.54) is 12.1 Å². The molecule has 0 fully saturated rings. The number of thiazole rings is 1. The number of hydrogen-bond donors (Lipinski definition) is 0. The van der Waals surface area contributed by atoms with Crippen molar-refractivity contribution >= 4 is 22.9 Å². The van der Waals surface area contributed by atoms with Gasteiger partial charge in [0, 0.05) is 23.5 Å². The van der Waals surface area contributed by atoms with Crippen molar-refractivity contribution in [3.05, 3.63) is 50.7 Å². The molecule has 0 saturated carbocycles. The van der Waals surface area contributed by atoms with Crippen LogP contribution >= 0.6 is 22.9 Å². The van der Waals surface area contributed by atoms with Gasteiger partial charge in [-0.2, -0.15) is 0 Å². The van der Waals surface area contributed by atoms with Crippen LogP contribution in [0.5, 0.6) is 0 Å². The van der Waals surface area contributed by atoms with E-state index in [2.05, 4.69) is 15.3 Å². The van der Waals surface area contributed by atoms with Gasteiger partial charge in [0.15, 0.2) is 0 Å². The van der Waals surface area contributed by atoms with E-state index in [9.17, 15) is 4.39 Å². The van der Waals surface area contributed by atoms with Crippen LogP contribution in [0.1, 0.15) is 16.3 Å². The van der Waals surface area contributed by atoms with Gasteiger partial charge >= 0.3 is 0 Å². The maximum atomic E-state index is 12.9. The molecule has 96 valence electrons. The van der Waals surface area contributed by atoms with Crippen LogP contribution in [0.15, 0.2) is 23.6 Å². The standard InChI is InChI=1S/C13H14ClFN2S/c1-9-16-12(8-18-9)7-17(2)6-10-3-4-11(15)5-13(10)14/h3-5,8H,6-7H2,1-2H3. The highest BCUT2D eigenvalue weighted by atomic mass is 35.5. The molecular formula is C13H14ClFN2S. The Morgan fingerprint density at radius 3 is 2.78 bits per heavy atom. The molecule has 0 spiro atoms. The second kappa shape index (κ2) is 5.78. The lowest BCUT2D eigenvalue weighted by atomic mass is 10.2. The van der Waals surface area contributed by atoms with Crippen LogP contribution in [0.2, 0.25) is 5.02 Å². The zero-order valence-corrected chi connectivity index (χ0v) is 11.9. The fraction of sp³-hybridized carbons (Fsp3) is 0.308. The third-order valence-corrected chi connectivity index (χ3v) is 3.73. The number of nitrogens with zero attached hydrogens (tertiary/aromatic N) is 2. The second-order valence-electron chi connectivity index (χ2n) is 4.27. The van der Waals surface area contributed by atoms with E-state index in [0.29, 0.717) is 11.6 Å². The number of halogens is 2. The maximum absolute atomic E-state index is 12.9. The lowest BCUT2D eigenvalue weighted by molar-refractivity contribution is 0.315. The molecule has 0 unspecified atom stereocenters. The Labute approximate surface area is 115 Å². The van der Waals surface area contributed by atoms with Crippen LogP contribution in [0.4, 0.5) is 4.39 Å². The first-order valence-corrected chi connectivity index (χ1v) is 6.84. The molecule has 0 aliphatic rings. The summed E-state index contributed by atoms with van der Waals surface area (Å²) >= 11 is 7.64. The highest BCUT2D eigenvalue weighted by molar-refractivity contribution is 7.09. The van der Waals surface area contributed by atoms with E-state index in [4.69, 9.17) is 11.6 Å². The number of hydrogen-bond acceptors (Lipinski definition) is 3. The molecule has 1 heterocycles. The first-order chi connectivity index (χ1) is 8.54. The van der Waals surface area contributed by atoms with Gasteiger partial charge in [-0.25, -0.2) is 9.37 Å². The summed E-state index contributed by atoms with van der Waals surface area (Å²) in [6.07, 6.45) is 0. The van der Waals surface area contributed by atoms with E-state index in [1.54, 1.807) is 17.4 Å². The Morgan fingerprint density at radius 2 is 2.17 bits per heavy atom. The van der Waals surface area contributed by atoms with Crippen molar-refractivity contribution in [2.24, 2.45) is 0 Å². The largest absolute Gasteiger partial charge is 0.296 e. The lowest BCUT2D eigenvalue weighted by Gasteiger charge is -2.16. The van der Waals surface area contributed by atoms with Crippen molar-refractivity contribution < 1.29 is 4.39 Å². The summed E-state index contributed by atoms with van der Waals surface area (Å²) in [5.74, 6) is -0.304. The lowest BCUT2D eigenvalue weighted by Crippen LogP contribution is -2.17. The second-order valence-corrected chi connectivity index (χ2v) is 5.74. The molecule has 0 aliphatic heterocycles. The smallest absolute Gasteiger partial charge is 0.124 e. The summed E-state index contributed by atoms with van der Waals surface area (Å²) in [4.78, 5) is 6.52. The van der Waals surface area contributed by atoms with Gasteiger partial charge in [0.2, 0.25) is 0 Å². The van der Waals surface area contributed by atoms with Crippen molar-refractivity contribution in [3.63, 3.8) is 0 Å². The van der Waals surface area contributed by atoms with Crippen LogP contribution in [0.25, 0.3) is 0 Å². The van der Waals surface area contributed by atoms with Gasteiger partial charge in [0.1, 0.15) is 5.82 Å². The summed E-state index contributed by atoms with van der Waals surface area (Å²) in [5.41, 5.74) is 1.98. The molecule has 2 nitrogen and oxygen atoms in total. The van der Waals surface area contributed by atoms with Crippen LogP contribution < -0.4 is 0 Å². The molecule has 0 atom stereocenters. The molecule has 2 aromatic rings. The molecule has 0 bridgehead atoms. The van der Waals surface area contributed by atoms with Gasteiger partial charge in [0.25, 0.3) is 0 Å². The highest BCUT2D eigenvalue weighted by Crippen LogP contribution is 2.19. The van der Waals surface area contributed by atoms with Crippen LogP contribution in [0, 0.1) is 12.7 Å². The first kappa shape index (κ1) is 13.5. The zero-order chi connectivity index (χ0) is 13.1. The van der Waals surface area contributed by atoms with Crippen molar-refractivity contribution in [1.29, 1.82) is 0 Å². The van der Waals surface area contributed by atoms with Crippen LogP contribution in [-0.4, -0.2) is 16.9 Å². The Kier molecular flexibility index (Phi) is 4.32. The van der Waals surface area contributed by atoms with Gasteiger partial charge in [-0.15, -0.1) is 11.3 Å². The van der Waals surface area contributed by atoms with Gasteiger partial charge in [-0.1, -0.05) is 17.7 Å². The number of rotatable bonds is 4. The van der Waals surface area contributed by atoms with Gasteiger partial charge in [0.05, 0.1) is 10.7 Å². The van der Waals surface area contributed by atoms with E-state index in [-0.39, 0.29) is 5.82 Å². The van der Waals surface area contributed by atoms with E-state index >= 15 is 0 Å². The third kappa shape index (κ3) is 3.51. The average Bonchev–Trinajstić information content (AvgIpc) is 2.68. The molecule has 2 rings (SSSR count). The van der Waals surface area contributed by atoms with Crippen LogP contribution in [-0.2, 0) is 13.1 Å². The summed E-state index contributed by atoms with van der Waals surface area (Å²) in [6, 6.07) is 4.50. The fourth-order valence-electron chi connectivity index (χ4n) is 1.75. The van der Waals surface area contributed by atoms with E-state index in [1.807, 2.05) is 14.0 Å². The predicted octanol–water partition coefficient (Wildman–Crippen LogP) is 3.88. The van der Waals surface area contributed by atoms with Gasteiger partial charge in [-0.3, -0.25) is 4.90 Å². The summed E-state index contributed by atoms with van der Waals surface area (Å²) in [5, 5.41) is 3.59. The minimum absolute atomic E-state index is 0.304. The summed E-state index contributed by atoms with van der Waals surface area (Å²) in [7, 11) is 1.99. The molecular weight excluding hydrogens is 271 g/mol. The molecule has 0 saturated heterocycles. The molecule has 1 aromatic heterocycles. The van der Waals surface area contributed by atoms with E-state index < -0.39 is 0 Å². The Morgan fingerprint density at radius 1 is 1.39 bits per heavy atom. The maximum Gasteiger partial charge on any atom is 0.124 e. The number of aromatic nitrogens is 1. The van der Waals surface area contributed by atoms with Crippen molar-refractivity contribution in [1.82, 2.24) is 9.88 Å². The highest BCUT2D eigenvalue weighted by Gasteiger charge is 2.07. The zero-order valence-electron chi connectivity index (χ0n) is 10.3. The summed E-state index contributed by atoms with van der Waals surface area (Å²) in [6.45, 7) is 3.43. The Balaban J connectivity index is 2.00. The number of benzene rings is 1. The predicted molar refractivity (Wildman–Crippen MR) is 73.4 cm³/mol. The van der Waals surface area contributed by atoms with Crippen LogP contribution in [0.3, 0.4) is 0 Å². The van der Waals surface area contributed by atoms with Crippen molar-refractivity contribution in [2.75, 3.05) is 7.05 Å². The molecule has 1 aromatic carbocycles. The average molecular weight is 285 g/mol. The molecule has 0 N–H and O–H groups in total. The fourth-order valence-corrected chi connectivity index (χ4v) is 2.58. The monoisotopic (exact) mass is 284 g/mol. The normalized spacial score (nSPS) is 11.2. The Hall–Kier alpha value is -0.970. The molecule has 5 heteroatoms. The van der Waals surface area contributed by atoms with Crippen molar-refractivity contribution in [3.8, 4) is 0 Å². The molecule has 0 aliphatic carbocycles. The third-order valence-electron chi connectivity index (χ3n) is 2.55. The van der Waals surface area contributed by atoms with Gasteiger partial charge < -0.3 is 0 Å². The quantitative estimate of drug-likeness (QED) is 0.847. The minimum Gasteiger partial charge on any atom is -0.296 e. The summed E-state index contributed by atoms with van der Waals surface area (Å²) < 4.78 is 12.9. The van der Waals surface area contributed by atoms with Gasteiger partial charge in [-0.05, 0) is 31.7 Å². The minimum atomic E-state index is -0.304. The Bertz CT molecular complexity index is 542. The molecule has 0 amide bonds. The van der Waals surface area contributed by atoms with E-state index in [0.717, 1.165) is 22.8 Å².